The number of aromatic carboxylic acids is 1. The van der Waals surface area contributed by atoms with Crippen molar-refractivity contribution in [3.8, 4) is 0 Å². The van der Waals surface area contributed by atoms with Gasteiger partial charge in [-0.05, 0) is 9.91 Å². The van der Waals surface area contributed by atoms with Crippen LogP contribution in [0.2, 0.25) is 0 Å². The minimum atomic E-state index is -1.28. The van der Waals surface area contributed by atoms with Crippen LogP contribution in [0.1, 0.15) is 10.4 Å². The lowest BCUT2D eigenvalue weighted by Gasteiger charge is -1.95. The molecule has 3 N–H and O–H groups in total. The summed E-state index contributed by atoms with van der Waals surface area (Å²) < 4.78 is 0. The molecule has 0 unspecified atom stereocenters. The molecular formula is C6H5N3O4. The van der Waals surface area contributed by atoms with Gasteiger partial charge in [0.1, 0.15) is 0 Å². The zero-order valence-corrected chi connectivity index (χ0v) is 6.30. The lowest BCUT2D eigenvalue weighted by molar-refractivity contribution is -0.389. The Bertz CT molecular complexity index is 344. The van der Waals surface area contributed by atoms with Gasteiger partial charge < -0.3 is 21.0 Å². The number of nitrogens with two attached hydrogens (primary N) is 1. The van der Waals surface area contributed by atoms with Crippen LogP contribution in [0.15, 0.2) is 12.1 Å². The molecule has 0 radical (unpaired) electrons. The largest absolute Gasteiger partial charge is 0.478 e. The van der Waals surface area contributed by atoms with E-state index in [4.69, 9.17) is 10.8 Å². The summed E-state index contributed by atoms with van der Waals surface area (Å²) in [5.41, 5.74) is 4.91. The summed E-state index contributed by atoms with van der Waals surface area (Å²) >= 11 is 0. The van der Waals surface area contributed by atoms with Gasteiger partial charge in [0.15, 0.2) is 0 Å². The van der Waals surface area contributed by atoms with Crippen molar-refractivity contribution in [1.29, 1.82) is 0 Å². The Morgan fingerprint density at radius 3 is 2.69 bits per heavy atom. The van der Waals surface area contributed by atoms with E-state index in [1.165, 1.54) is 0 Å². The van der Waals surface area contributed by atoms with Crippen LogP contribution in [-0.4, -0.2) is 21.0 Å². The number of carboxylic acids is 1. The van der Waals surface area contributed by atoms with Gasteiger partial charge in [-0.2, -0.15) is 0 Å². The first-order valence-corrected chi connectivity index (χ1v) is 3.16. The lowest BCUT2D eigenvalue weighted by atomic mass is 10.2. The molecule has 0 aliphatic heterocycles. The maximum absolute atomic E-state index is 10.4. The van der Waals surface area contributed by atoms with Gasteiger partial charge in [-0.15, -0.1) is 0 Å². The topological polar surface area (TPSA) is 119 Å². The summed E-state index contributed by atoms with van der Waals surface area (Å²) in [4.78, 5) is 23.2. The number of aromatic nitrogens is 1. The molecule has 68 valence electrons. The highest BCUT2D eigenvalue weighted by Gasteiger charge is 2.14. The van der Waals surface area contributed by atoms with E-state index < -0.39 is 16.7 Å². The number of carboxylic acid groups (broad SMARTS) is 1. The van der Waals surface area contributed by atoms with Crippen LogP contribution in [-0.2, 0) is 0 Å². The average Bonchev–Trinajstić information content (AvgIpc) is 2.03. The first-order valence-electron chi connectivity index (χ1n) is 3.16. The maximum Gasteiger partial charge on any atom is 0.366 e. The average molecular weight is 183 g/mol. The molecule has 1 aromatic rings. The molecule has 1 aromatic heterocycles. The van der Waals surface area contributed by atoms with Gasteiger partial charge >= 0.3 is 11.8 Å². The van der Waals surface area contributed by atoms with Gasteiger partial charge in [0.25, 0.3) is 0 Å². The smallest absolute Gasteiger partial charge is 0.366 e. The number of pyridine rings is 1. The number of rotatable bonds is 2. The molecule has 7 nitrogen and oxygen atoms in total. The predicted molar refractivity (Wildman–Crippen MR) is 42.3 cm³/mol. The quantitative estimate of drug-likeness (QED) is 0.501. The van der Waals surface area contributed by atoms with Gasteiger partial charge in [0, 0.05) is 6.07 Å². The fourth-order valence-electron chi connectivity index (χ4n) is 0.754. The van der Waals surface area contributed by atoms with Gasteiger partial charge in [-0.3, -0.25) is 0 Å². The van der Waals surface area contributed by atoms with E-state index in [-0.39, 0.29) is 11.4 Å². The summed E-state index contributed by atoms with van der Waals surface area (Å²) in [6, 6.07) is 1.90. The molecule has 0 aliphatic rings. The highest BCUT2D eigenvalue weighted by Crippen LogP contribution is 2.13. The van der Waals surface area contributed by atoms with Crippen LogP contribution in [0, 0.1) is 10.1 Å². The summed E-state index contributed by atoms with van der Waals surface area (Å²) in [7, 11) is 0. The summed E-state index contributed by atoms with van der Waals surface area (Å²) in [6.07, 6.45) is 0. The SMILES string of the molecule is Nc1cc(C(=O)O)cc([N+](=O)[O-])n1. The van der Waals surface area contributed by atoms with Crippen molar-refractivity contribution < 1.29 is 14.8 Å². The number of nitrogen functional groups attached to an aromatic ring is 1. The first kappa shape index (κ1) is 8.91. The second-order valence-corrected chi connectivity index (χ2v) is 2.20. The zero-order chi connectivity index (χ0) is 10.0. The van der Waals surface area contributed by atoms with Gasteiger partial charge in [-0.1, -0.05) is 0 Å². The zero-order valence-electron chi connectivity index (χ0n) is 6.30. The second kappa shape index (κ2) is 3.05. The minimum absolute atomic E-state index is 0.188. The van der Waals surface area contributed by atoms with Crippen LogP contribution < -0.4 is 5.73 Å². The van der Waals surface area contributed by atoms with Crippen LogP contribution in [0.3, 0.4) is 0 Å². The summed E-state index contributed by atoms with van der Waals surface area (Å²) in [5.74, 6) is -2.04. The van der Waals surface area contributed by atoms with Crippen molar-refractivity contribution in [1.82, 2.24) is 4.98 Å². The van der Waals surface area contributed by atoms with Gasteiger partial charge in [-0.25, -0.2) is 4.79 Å². The number of carbonyl (C=O) groups is 1. The molecule has 0 fully saturated rings. The lowest BCUT2D eigenvalue weighted by Crippen LogP contribution is -2.03. The molecule has 1 heterocycles. The molecule has 0 bridgehead atoms. The summed E-state index contributed by atoms with van der Waals surface area (Å²) in [5, 5.41) is 18.7. The third-order valence-corrected chi connectivity index (χ3v) is 1.27. The Labute approximate surface area is 72.0 Å². The number of nitrogens with zero attached hydrogens (tertiary/aromatic N) is 2. The Morgan fingerprint density at radius 1 is 1.62 bits per heavy atom. The Morgan fingerprint density at radius 2 is 2.23 bits per heavy atom. The van der Waals surface area contributed by atoms with Crippen LogP contribution in [0.5, 0.6) is 0 Å². The van der Waals surface area contributed by atoms with Crippen molar-refractivity contribution in [2.75, 3.05) is 5.73 Å². The third-order valence-electron chi connectivity index (χ3n) is 1.27. The van der Waals surface area contributed by atoms with Crippen LogP contribution in [0.4, 0.5) is 11.6 Å². The van der Waals surface area contributed by atoms with E-state index in [1.54, 1.807) is 0 Å². The molecule has 13 heavy (non-hydrogen) atoms. The molecule has 7 heteroatoms. The number of hydrogen-bond donors (Lipinski definition) is 2. The molecule has 0 atom stereocenters. The normalized spacial score (nSPS) is 9.54. The standard InChI is InChI=1S/C6H5N3O4/c7-4-1-3(6(10)11)2-5(8-4)9(12)13/h1-2H,(H2,7,8)(H,10,11). The maximum atomic E-state index is 10.4. The fourth-order valence-corrected chi connectivity index (χ4v) is 0.754. The van der Waals surface area contributed by atoms with Gasteiger partial charge in [0.05, 0.1) is 11.6 Å². The summed E-state index contributed by atoms with van der Waals surface area (Å²) in [6.45, 7) is 0. The van der Waals surface area contributed by atoms with Crippen molar-refractivity contribution in [2.45, 2.75) is 0 Å². The fraction of sp³-hybridized carbons (Fsp3) is 0. The van der Waals surface area contributed by atoms with E-state index in [1.807, 2.05) is 0 Å². The first-order chi connectivity index (χ1) is 6.00. The Hall–Kier alpha value is -2.18. The second-order valence-electron chi connectivity index (χ2n) is 2.20. The predicted octanol–water partition coefficient (Wildman–Crippen LogP) is 0.270. The number of anilines is 1. The van der Waals surface area contributed by atoms with E-state index in [0.29, 0.717) is 0 Å². The van der Waals surface area contributed by atoms with Crippen molar-refractivity contribution in [3.63, 3.8) is 0 Å². The van der Waals surface area contributed by atoms with Gasteiger partial charge in [0.2, 0.25) is 5.82 Å². The highest BCUT2D eigenvalue weighted by atomic mass is 16.6. The monoisotopic (exact) mass is 183 g/mol. The van der Waals surface area contributed by atoms with Crippen molar-refractivity contribution in [3.05, 3.63) is 27.8 Å². The number of hydrogen-bond acceptors (Lipinski definition) is 5. The van der Waals surface area contributed by atoms with Crippen molar-refractivity contribution in [2.24, 2.45) is 0 Å². The third kappa shape index (κ3) is 1.89. The Balaban J connectivity index is 3.26. The van der Waals surface area contributed by atoms with Crippen LogP contribution in [0.25, 0.3) is 0 Å². The van der Waals surface area contributed by atoms with E-state index in [0.717, 1.165) is 12.1 Å². The number of nitro groups is 1. The van der Waals surface area contributed by atoms with E-state index in [2.05, 4.69) is 4.98 Å². The molecule has 0 aliphatic carbocycles. The van der Waals surface area contributed by atoms with Crippen LogP contribution >= 0.6 is 0 Å². The minimum Gasteiger partial charge on any atom is -0.478 e. The molecule has 0 saturated carbocycles. The molecule has 1 rings (SSSR count). The highest BCUT2D eigenvalue weighted by molar-refractivity contribution is 5.89. The van der Waals surface area contributed by atoms with Crippen molar-refractivity contribution >= 4 is 17.6 Å². The molecule has 0 spiro atoms. The molecule has 0 amide bonds. The molecular weight excluding hydrogens is 178 g/mol. The van der Waals surface area contributed by atoms with E-state index in [9.17, 15) is 14.9 Å². The molecule has 0 saturated heterocycles. The Kier molecular flexibility index (Phi) is 2.09. The van der Waals surface area contributed by atoms with E-state index >= 15 is 0 Å². The molecule has 0 aromatic carbocycles.